The zero-order chi connectivity index (χ0) is 14.7. The number of rotatable bonds is 6. The molecule has 0 aliphatic heterocycles. The number of benzene rings is 1. The fourth-order valence-electron chi connectivity index (χ4n) is 1.97. The van der Waals surface area contributed by atoms with E-state index in [1.54, 1.807) is 12.3 Å². The van der Waals surface area contributed by atoms with Gasteiger partial charge in [0.1, 0.15) is 5.82 Å². The average molecular weight is 360 g/mol. The van der Waals surface area contributed by atoms with Crippen molar-refractivity contribution in [2.75, 3.05) is 18.3 Å². The lowest BCUT2D eigenvalue weighted by molar-refractivity contribution is 0.272. The van der Waals surface area contributed by atoms with Crippen LogP contribution >= 0.6 is 24.7 Å². The van der Waals surface area contributed by atoms with E-state index in [1.165, 1.54) is 12.8 Å². The zero-order valence-electron chi connectivity index (χ0n) is 12.0. The normalized spacial score (nSPS) is 15.4. The fraction of sp³-hybridized carbons (Fsp3) is 0.467. The molecule has 5 heteroatoms. The highest BCUT2D eigenvalue weighted by Crippen LogP contribution is 2.44. The number of anilines is 1. The number of ether oxygens (including phenoxy) is 1. The van der Waals surface area contributed by atoms with Gasteiger partial charge in [0.15, 0.2) is 0 Å². The lowest BCUT2D eigenvalue weighted by atomic mass is 10.1. The predicted molar refractivity (Wildman–Crippen MR) is 89.2 cm³/mol. The van der Waals surface area contributed by atoms with Crippen molar-refractivity contribution >= 4 is 36.4 Å². The SMILES string of the molecule is CCO/C=C/c1c(Br)cc(N(C)PC2CC2)c(F)c1C. The molecule has 1 fully saturated rings. The third-order valence-electron chi connectivity index (χ3n) is 3.29. The molecule has 1 saturated carbocycles. The number of hydrogen-bond acceptors (Lipinski definition) is 2. The smallest absolute Gasteiger partial charge is 0.150 e. The molecule has 0 saturated heterocycles. The third kappa shape index (κ3) is 3.73. The Morgan fingerprint density at radius 2 is 2.25 bits per heavy atom. The van der Waals surface area contributed by atoms with Crippen molar-refractivity contribution in [3.8, 4) is 0 Å². The first-order valence-electron chi connectivity index (χ1n) is 6.81. The predicted octanol–water partition coefficient (Wildman–Crippen LogP) is 5.10. The first kappa shape index (κ1) is 15.8. The average Bonchev–Trinajstić information content (AvgIpc) is 3.21. The molecule has 110 valence electrons. The van der Waals surface area contributed by atoms with Crippen LogP contribution in [-0.4, -0.2) is 19.3 Å². The van der Waals surface area contributed by atoms with E-state index in [-0.39, 0.29) is 5.82 Å². The summed E-state index contributed by atoms with van der Waals surface area (Å²) in [6, 6.07) is 1.86. The van der Waals surface area contributed by atoms with Crippen LogP contribution in [0.3, 0.4) is 0 Å². The van der Waals surface area contributed by atoms with Crippen LogP contribution in [0, 0.1) is 12.7 Å². The minimum atomic E-state index is -0.139. The van der Waals surface area contributed by atoms with Gasteiger partial charge in [-0.15, -0.1) is 0 Å². The molecule has 20 heavy (non-hydrogen) atoms. The molecular weight excluding hydrogens is 340 g/mol. The molecule has 1 aliphatic carbocycles. The van der Waals surface area contributed by atoms with Crippen molar-refractivity contribution in [1.82, 2.24) is 0 Å². The number of hydrogen-bond donors (Lipinski definition) is 0. The van der Waals surface area contributed by atoms with Crippen molar-refractivity contribution < 1.29 is 9.13 Å². The maximum Gasteiger partial charge on any atom is 0.150 e. The van der Waals surface area contributed by atoms with Crippen LogP contribution in [0.15, 0.2) is 16.8 Å². The summed E-state index contributed by atoms with van der Waals surface area (Å²) in [6.07, 6.45) is 5.97. The Kier molecular flexibility index (Phi) is 5.45. The largest absolute Gasteiger partial charge is 0.501 e. The molecule has 2 rings (SSSR count). The molecule has 0 aromatic heterocycles. The molecule has 0 bridgehead atoms. The van der Waals surface area contributed by atoms with Crippen molar-refractivity contribution in [2.24, 2.45) is 0 Å². The van der Waals surface area contributed by atoms with Gasteiger partial charge in [-0.3, -0.25) is 0 Å². The molecule has 1 atom stereocenters. The summed E-state index contributed by atoms with van der Waals surface area (Å²) in [6.45, 7) is 4.34. The van der Waals surface area contributed by atoms with Crippen molar-refractivity contribution in [2.45, 2.75) is 32.3 Å². The van der Waals surface area contributed by atoms with Gasteiger partial charge in [-0.2, -0.15) is 0 Å². The van der Waals surface area contributed by atoms with Crippen molar-refractivity contribution in [3.63, 3.8) is 0 Å². The summed E-state index contributed by atoms with van der Waals surface area (Å²) in [4.78, 5) is 0. The van der Waals surface area contributed by atoms with Crippen LogP contribution in [0.5, 0.6) is 0 Å². The molecular formula is C15H20BrFNOP. The molecule has 0 amide bonds. The van der Waals surface area contributed by atoms with Gasteiger partial charge in [0.2, 0.25) is 0 Å². The second-order valence-corrected chi connectivity index (χ2v) is 7.55. The topological polar surface area (TPSA) is 12.5 Å². The van der Waals surface area contributed by atoms with E-state index in [2.05, 4.69) is 15.9 Å². The van der Waals surface area contributed by atoms with Crippen molar-refractivity contribution in [3.05, 3.63) is 33.7 Å². The van der Waals surface area contributed by atoms with E-state index >= 15 is 0 Å². The molecule has 2 nitrogen and oxygen atoms in total. The van der Waals surface area contributed by atoms with E-state index in [1.807, 2.05) is 31.6 Å². The van der Waals surface area contributed by atoms with E-state index in [9.17, 15) is 4.39 Å². The number of nitrogens with zero attached hydrogens (tertiary/aromatic N) is 1. The lowest BCUT2D eigenvalue weighted by Crippen LogP contribution is -2.09. The first-order valence-corrected chi connectivity index (χ1v) is 8.63. The van der Waals surface area contributed by atoms with Crippen LogP contribution in [0.4, 0.5) is 10.1 Å². The Hall–Kier alpha value is -0.600. The summed E-state index contributed by atoms with van der Waals surface area (Å²) >= 11 is 3.54. The molecule has 1 aromatic rings. The van der Waals surface area contributed by atoms with Crippen LogP contribution in [0.25, 0.3) is 6.08 Å². The molecule has 0 N–H and O–H groups in total. The van der Waals surface area contributed by atoms with Gasteiger partial charge in [-0.1, -0.05) is 15.9 Å². The highest BCUT2D eigenvalue weighted by atomic mass is 79.9. The fourth-order valence-corrected chi connectivity index (χ4v) is 3.89. The molecule has 1 aliphatic rings. The number of halogens is 2. The summed E-state index contributed by atoms with van der Waals surface area (Å²) in [7, 11) is 2.64. The molecule has 0 heterocycles. The summed E-state index contributed by atoms with van der Waals surface area (Å²) in [5.74, 6) is -0.139. The van der Waals surface area contributed by atoms with E-state index in [0.717, 1.165) is 15.7 Å². The lowest BCUT2D eigenvalue weighted by Gasteiger charge is -2.22. The van der Waals surface area contributed by atoms with Gasteiger partial charge in [-0.05, 0) is 64.3 Å². The third-order valence-corrected chi connectivity index (χ3v) is 5.52. The maximum atomic E-state index is 14.5. The van der Waals surface area contributed by atoms with E-state index in [0.29, 0.717) is 26.6 Å². The molecule has 1 unspecified atom stereocenters. The quantitative estimate of drug-likeness (QED) is 0.517. The molecule has 0 radical (unpaired) electrons. The summed E-state index contributed by atoms with van der Waals surface area (Å²) in [5.41, 5.74) is 2.92. The summed E-state index contributed by atoms with van der Waals surface area (Å²) in [5, 5.41) is 0. The minimum Gasteiger partial charge on any atom is -0.501 e. The van der Waals surface area contributed by atoms with Crippen molar-refractivity contribution in [1.29, 1.82) is 0 Å². The first-order chi connectivity index (χ1) is 9.54. The molecule has 1 aromatic carbocycles. The Morgan fingerprint density at radius 3 is 2.85 bits per heavy atom. The van der Waals surface area contributed by atoms with Crippen LogP contribution in [0.2, 0.25) is 0 Å². The van der Waals surface area contributed by atoms with Gasteiger partial charge in [0.05, 0.1) is 18.6 Å². The zero-order valence-corrected chi connectivity index (χ0v) is 14.6. The van der Waals surface area contributed by atoms with E-state index < -0.39 is 0 Å². The van der Waals surface area contributed by atoms with E-state index in [4.69, 9.17) is 4.74 Å². The van der Waals surface area contributed by atoms with Gasteiger partial charge >= 0.3 is 0 Å². The molecule has 0 spiro atoms. The Bertz CT molecular complexity index is 517. The van der Waals surface area contributed by atoms with Crippen LogP contribution < -0.4 is 4.67 Å². The standard InChI is InChI=1S/C15H20BrFNOP/c1-4-19-8-7-12-10(2)15(17)14(9-13(12)16)18(3)20-11-5-6-11/h7-9,11,20H,4-6H2,1-3H3/b8-7+. The van der Waals surface area contributed by atoms with Crippen LogP contribution in [0.1, 0.15) is 30.9 Å². The van der Waals surface area contributed by atoms with Crippen LogP contribution in [-0.2, 0) is 4.74 Å². The highest BCUT2D eigenvalue weighted by Gasteiger charge is 2.25. The van der Waals surface area contributed by atoms with Gasteiger partial charge in [0.25, 0.3) is 0 Å². The minimum absolute atomic E-state index is 0.139. The van der Waals surface area contributed by atoms with Gasteiger partial charge in [-0.25, -0.2) is 4.39 Å². The highest BCUT2D eigenvalue weighted by molar-refractivity contribution is 9.10. The Morgan fingerprint density at radius 1 is 1.55 bits per heavy atom. The maximum absolute atomic E-state index is 14.5. The van der Waals surface area contributed by atoms with Gasteiger partial charge < -0.3 is 9.41 Å². The summed E-state index contributed by atoms with van der Waals surface area (Å²) < 4.78 is 22.7. The second kappa shape index (κ2) is 6.91. The second-order valence-electron chi connectivity index (χ2n) is 4.95. The Balaban J connectivity index is 2.27. The monoisotopic (exact) mass is 359 g/mol. The Labute approximate surface area is 130 Å². The van der Waals surface area contributed by atoms with Gasteiger partial charge in [0, 0.05) is 11.5 Å².